The van der Waals surface area contributed by atoms with Crippen LogP contribution < -0.4 is 15.4 Å². The zero-order chi connectivity index (χ0) is 22.4. The van der Waals surface area contributed by atoms with Crippen molar-refractivity contribution in [3.8, 4) is 5.75 Å². The van der Waals surface area contributed by atoms with Crippen molar-refractivity contribution < 1.29 is 18.7 Å². The van der Waals surface area contributed by atoms with Crippen molar-refractivity contribution in [2.45, 2.75) is 40.8 Å². The number of amides is 2. The second-order valence-electron chi connectivity index (χ2n) is 7.63. The van der Waals surface area contributed by atoms with Gasteiger partial charge in [-0.25, -0.2) is 0 Å². The van der Waals surface area contributed by atoms with Crippen molar-refractivity contribution in [2.75, 3.05) is 11.9 Å². The molecule has 31 heavy (non-hydrogen) atoms. The van der Waals surface area contributed by atoms with Gasteiger partial charge in [0.05, 0.1) is 5.69 Å². The number of hydrogen-bond acceptors (Lipinski definition) is 5. The van der Waals surface area contributed by atoms with E-state index >= 15 is 0 Å². The van der Waals surface area contributed by atoms with E-state index < -0.39 is 5.91 Å². The Labute approximate surface area is 181 Å². The smallest absolute Gasteiger partial charge is 0.291 e. The quantitative estimate of drug-likeness (QED) is 0.541. The average Bonchev–Trinajstić information content (AvgIpc) is 3.38. The first-order valence-corrected chi connectivity index (χ1v) is 10.3. The number of hydrogen-bond donors (Lipinski definition) is 2. The molecule has 2 aromatic heterocycles. The minimum atomic E-state index is -0.462. The molecule has 0 radical (unpaired) electrons. The van der Waals surface area contributed by atoms with E-state index in [9.17, 15) is 9.59 Å². The van der Waals surface area contributed by atoms with Gasteiger partial charge in [0.1, 0.15) is 18.1 Å². The molecule has 0 saturated heterocycles. The largest absolute Gasteiger partial charge is 0.485 e. The van der Waals surface area contributed by atoms with Gasteiger partial charge in [0.15, 0.2) is 11.5 Å². The summed E-state index contributed by atoms with van der Waals surface area (Å²) in [6, 6.07) is 10.9. The van der Waals surface area contributed by atoms with Crippen LogP contribution in [0.2, 0.25) is 0 Å². The Bertz CT molecular complexity index is 1050. The number of aryl methyl sites for hydroxylation is 2. The number of carbonyl (C=O) groups is 2. The van der Waals surface area contributed by atoms with Gasteiger partial charge in [-0.15, -0.1) is 0 Å². The van der Waals surface area contributed by atoms with Gasteiger partial charge in [-0.3, -0.25) is 14.3 Å². The zero-order valence-corrected chi connectivity index (χ0v) is 18.3. The molecule has 0 aliphatic rings. The van der Waals surface area contributed by atoms with Gasteiger partial charge in [0, 0.05) is 19.3 Å². The van der Waals surface area contributed by atoms with Gasteiger partial charge in [-0.2, -0.15) is 5.10 Å². The summed E-state index contributed by atoms with van der Waals surface area (Å²) in [5.74, 6) is 0.917. The van der Waals surface area contributed by atoms with E-state index in [0.29, 0.717) is 30.5 Å². The van der Waals surface area contributed by atoms with Crippen molar-refractivity contribution in [2.24, 2.45) is 5.92 Å². The Morgan fingerprint density at radius 1 is 1.16 bits per heavy atom. The molecule has 0 bridgehead atoms. The Morgan fingerprint density at radius 2 is 1.94 bits per heavy atom. The highest BCUT2D eigenvalue weighted by Crippen LogP contribution is 2.20. The second-order valence-corrected chi connectivity index (χ2v) is 7.63. The molecule has 0 aliphatic carbocycles. The summed E-state index contributed by atoms with van der Waals surface area (Å²) in [6.45, 7) is 9.17. The number of ether oxygens (including phenoxy) is 1. The van der Waals surface area contributed by atoms with Crippen LogP contribution in [-0.4, -0.2) is 28.1 Å². The molecule has 0 unspecified atom stereocenters. The highest BCUT2D eigenvalue weighted by molar-refractivity contribution is 6.07. The van der Waals surface area contributed by atoms with Crippen LogP contribution in [0.25, 0.3) is 0 Å². The number of aromatic nitrogens is 2. The van der Waals surface area contributed by atoms with Gasteiger partial charge in [-0.05, 0) is 43.5 Å². The van der Waals surface area contributed by atoms with E-state index in [0.717, 1.165) is 11.3 Å². The molecule has 8 nitrogen and oxygen atoms in total. The number of para-hydroxylation sites is 1. The zero-order valence-electron chi connectivity index (χ0n) is 18.3. The summed E-state index contributed by atoms with van der Waals surface area (Å²) in [4.78, 5) is 25.2. The fourth-order valence-electron chi connectivity index (χ4n) is 2.85. The summed E-state index contributed by atoms with van der Waals surface area (Å²) < 4.78 is 13.0. The van der Waals surface area contributed by atoms with Crippen LogP contribution in [0.1, 0.15) is 53.1 Å². The molecule has 8 heteroatoms. The predicted octanol–water partition coefficient (Wildman–Crippen LogP) is 4.02. The molecule has 0 saturated carbocycles. The molecule has 0 spiro atoms. The van der Waals surface area contributed by atoms with Crippen LogP contribution >= 0.6 is 0 Å². The molecular formula is C23H28N4O4. The van der Waals surface area contributed by atoms with Gasteiger partial charge < -0.3 is 19.8 Å². The number of nitrogens with zero attached hydrogens (tertiary/aromatic N) is 2. The van der Waals surface area contributed by atoms with Crippen LogP contribution in [0.15, 0.2) is 47.0 Å². The molecule has 3 aromatic rings. The lowest BCUT2D eigenvalue weighted by molar-refractivity contribution is 0.0944. The van der Waals surface area contributed by atoms with Crippen molar-refractivity contribution in [1.29, 1.82) is 0 Å². The number of rotatable bonds is 9. The van der Waals surface area contributed by atoms with E-state index in [1.165, 1.54) is 0 Å². The summed E-state index contributed by atoms with van der Waals surface area (Å²) >= 11 is 0. The Hall–Kier alpha value is -3.55. The number of furan rings is 1. The molecule has 2 heterocycles. The topological polar surface area (TPSA) is 98.4 Å². The normalized spacial score (nSPS) is 10.9. The molecule has 3 rings (SSSR count). The van der Waals surface area contributed by atoms with E-state index in [2.05, 4.69) is 15.7 Å². The highest BCUT2D eigenvalue weighted by atomic mass is 16.5. The summed E-state index contributed by atoms with van der Waals surface area (Å²) in [5, 5.41) is 9.82. The maximum atomic E-state index is 12.7. The average molecular weight is 425 g/mol. The minimum absolute atomic E-state index is 0.126. The van der Waals surface area contributed by atoms with Gasteiger partial charge in [0.2, 0.25) is 0 Å². The lowest BCUT2D eigenvalue weighted by atomic mass is 10.2. The maximum Gasteiger partial charge on any atom is 0.291 e. The van der Waals surface area contributed by atoms with Crippen LogP contribution in [0.4, 0.5) is 5.69 Å². The number of benzene rings is 1. The maximum absolute atomic E-state index is 12.7. The highest BCUT2D eigenvalue weighted by Gasteiger charge is 2.20. The van der Waals surface area contributed by atoms with Crippen molar-refractivity contribution in [1.82, 2.24) is 15.1 Å². The van der Waals surface area contributed by atoms with Crippen LogP contribution in [0, 0.1) is 12.8 Å². The first-order valence-electron chi connectivity index (χ1n) is 10.3. The second kappa shape index (κ2) is 9.97. The van der Waals surface area contributed by atoms with Crippen molar-refractivity contribution in [3.63, 3.8) is 0 Å². The third-order valence-corrected chi connectivity index (χ3v) is 4.57. The Morgan fingerprint density at radius 3 is 2.65 bits per heavy atom. The van der Waals surface area contributed by atoms with Crippen molar-refractivity contribution in [3.05, 3.63) is 65.4 Å². The van der Waals surface area contributed by atoms with E-state index in [1.807, 2.05) is 52.0 Å². The third-order valence-electron chi connectivity index (χ3n) is 4.57. The van der Waals surface area contributed by atoms with Gasteiger partial charge >= 0.3 is 0 Å². The molecule has 164 valence electrons. The molecule has 1 aromatic carbocycles. The van der Waals surface area contributed by atoms with Crippen LogP contribution in [0.5, 0.6) is 5.75 Å². The molecule has 2 N–H and O–H groups in total. The van der Waals surface area contributed by atoms with E-state index in [-0.39, 0.29) is 24.0 Å². The lowest BCUT2D eigenvalue weighted by Gasteiger charge is -2.08. The summed E-state index contributed by atoms with van der Waals surface area (Å²) in [6.07, 6.45) is 1.63. The predicted molar refractivity (Wildman–Crippen MR) is 117 cm³/mol. The third kappa shape index (κ3) is 5.75. The lowest BCUT2D eigenvalue weighted by Crippen LogP contribution is -2.28. The molecule has 0 atom stereocenters. The molecule has 2 amide bonds. The Kier molecular flexibility index (Phi) is 7.12. The summed E-state index contributed by atoms with van der Waals surface area (Å²) in [7, 11) is 0. The van der Waals surface area contributed by atoms with Crippen LogP contribution in [-0.2, 0) is 13.2 Å². The molecule has 0 aliphatic heterocycles. The number of nitrogens with one attached hydrogen (secondary N) is 2. The van der Waals surface area contributed by atoms with E-state index in [4.69, 9.17) is 9.15 Å². The van der Waals surface area contributed by atoms with Crippen molar-refractivity contribution >= 4 is 17.5 Å². The first-order chi connectivity index (χ1) is 14.9. The Balaban J connectivity index is 1.67. The molecular weight excluding hydrogens is 396 g/mol. The minimum Gasteiger partial charge on any atom is -0.485 e. The standard InChI is InChI=1S/C23H28N4O4/c1-5-27-13-18(21(26-27)23(29)24-12-15(2)3)25-22(28)20-11-10-17(31-20)14-30-19-9-7-6-8-16(19)4/h6-11,13,15H,5,12,14H2,1-4H3,(H,24,29)(H,25,28). The molecule has 0 fully saturated rings. The fourth-order valence-corrected chi connectivity index (χ4v) is 2.85. The first kappa shape index (κ1) is 22.1. The number of anilines is 1. The SMILES string of the molecule is CCn1cc(NC(=O)c2ccc(COc3ccccc3C)o2)c(C(=O)NCC(C)C)n1. The summed E-state index contributed by atoms with van der Waals surface area (Å²) in [5.41, 5.74) is 1.52. The van der Waals surface area contributed by atoms with Crippen LogP contribution in [0.3, 0.4) is 0 Å². The van der Waals surface area contributed by atoms with Gasteiger partial charge in [-0.1, -0.05) is 32.0 Å². The van der Waals surface area contributed by atoms with E-state index in [1.54, 1.807) is 23.0 Å². The fraction of sp³-hybridized carbons (Fsp3) is 0.348. The number of carbonyl (C=O) groups excluding carboxylic acids is 2. The van der Waals surface area contributed by atoms with Gasteiger partial charge in [0.25, 0.3) is 11.8 Å². The monoisotopic (exact) mass is 424 g/mol.